The maximum atomic E-state index is 11.6. The molecule has 0 saturated heterocycles. The molecule has 0 aliphatic rings. The Balaban J connectivity index is 0. The van der Waals surface area contributed by atoms with Crippen LogP contribution in [0.2, 0.25) is 0 Å². The van der Waals surface area contributed by atoms with Gasteiger partial charge >= 0.3 is 5.97 Å². The van der Waals surface area contributed by atoms with Crippen molar-refractivity contribution in [2.45, 2.75) is 19.4 Å². The van der Waals surface area contributed by atoms with Crippen molar-refractivity contribution in [1.29, 1.82) is 0 Å². The lowest BCUT2D eigenvalue weighted by atomic mass is 10.3. The van der Waals surface area contributed by atoms with Gasteiger partial charge in [0.2, 0.25) is 0 Å². The highest BCUT2D eigenvalue weighted by Crippen LogP contribution is 1.88. The van der Waals surface area contributed by atoms with E-state index in [1.54, 1.807) is 0 Å². The molecule has 0 aromatic rings. The van der Waals surface area contributed by atoms with Gasteiger partial charge in [-0.3, -0.25) is 4.79 Å². The second-order valence-electron chi connectivity index (χ2n) is 1.93. The van der Waals surface area contributed by atoms with Gasteiger partial charge in [-0.25, -0.2) is 4.39 Å². The summed E-state index contributed by atoms with van der Waals surface area (Å²) in [5.41, 5.74) is 5.01. The molecule has 0 spiro atoms. The molecule has 0 saturated carbocycles. The number of ether oxygens (including phenoxy) is 1. The maximum absolute atomic E-state index is 11.6. The number of carbonyl (C=O) groups is 1. The lowest BCUT2D eigenvalue weighted by Gasteiger charge is -2.05. The standard InChI is InChI=1S/C6H12FNO2.ClH/c1-2-3-10-6(9)5(8)4-7;/h5H,2-4,8H2,1H3;1H/t5-;/m1./s1. The van der Waals surface area contributed by atoms with Crippen LogP contribution in [0.5, 0.6) is 0 Å². The molecule has 0 rings (SSSR count). The molecule has 68 valence electrons. The molecule has 0 bridgehead atoms. The third-order valence-corrected chi connectivity index (χ3v) is 0.917. The van der Waals surface area contributed by atoms with Crippen LogP contribution in [-0.2, 0) is 9.53 Å². The quantitative estimate of drug-likeness (QED) is 0.655. The molecule has 0 unspecified atom stereocenters. The van der Waals surface area contributed by atoms with E-state index in [4.69, 9.17) is 5.73 Å². The maximum Gasteiger partial charge on any atom is 0.325 e. The number of hydrogen-bond donors (Lipinski definition) is 1. The monoisotopic (exact) mass is 185 g/mol. The molecule has 0 aliphatic carbocycles. The van der Waals surface area contributed by atoms with E-state index in [0.717, 1.165) is 6.42 Å². The van der Waals surface area contributed by atoms with Crippen molar-refractivity contribution in [3.63, 3.8) is 0 Å². The molecule has 11 heavy (non-hydrogen) atoms. The van der Waals surface area contributed by atoms with Gasteiger partial charge in [0.1, 0.15) is 12.7 Å². The Morgan fingerprint density at radius 2 is 2.27 bits per heavy atom. The fourth-order valence-corrected chi connectivity index (χ4v) is 0.373. The molecular formula is C6H13ClFNO2. The first-order chi connectivity index (χ1) is 4.72. The van der Waals surface area contributed by atoms with Crippen LogP contribution in [0.3, 0.4) is 0 Å². The van der Waals surface area contributed by atoms with Gasteiger partial charge < -0.3 is 10.5 Å². The molecule has 2 N–H and O–H groups in total. The highest BCUT2D eigenvalue weighted by Gasteiger charge is 2.13. The van der Waals surface area contributed by atoms with E-state index < -0.39 is 18.7 Å². The third-order valence-electron chi connectivity index (χ3n) is 0.917. The van der Waals surface area contributed by atoms with Crippen molar-refractivity contribution in [2.24, 2.45) is 5.73 Å². The molecule has 0 fully saturated rings. The highest BCUT2D eigenvalue weighted by molar-refractivity contribution is 5.85. The summed E-state index contributed by atoms with van der Waals surface area (Å²) in [5, 5.41) is 0. The minimum Gasteiger partial charge on any atom is -0.464 e. The topological polar surface area (TPSA) is 52.3 Å². The van der Waals surface area contributed by atoms with Crippen LogP contribution in [0.4, 0.5) is 4.39 Å². The fraction of sp³-hybridized carbons (Fsp3) is 0.833. The van der Waals surface area contributed by atoms with Crippen molar-refractivity contribution in [2.75, 3.05) is 13.3 Å². The summed E-state index contributed by atoms with van der Waals surface area (Å²) >= 11 is 0. The Labute approximate surface area is 71.5 Å². The largest absolute Gasteiger partial charge is 0.464 e. The first-order valence-electron chi connectivity index (χ1n) is 3.20. The van der Waals surface area contributed by atoms with E-state index in [1.807, 2.05) is 6.92 Å². The van der Waals surface area contributed by atoms with E-state index in [0.29, 0.717) is 6.61 Å². The van der Waals surface area contributed by atoms with Crippen LogP contribution in [0.1, 0.15) is 13.3 Å². The third kappa shape index (κ3) is 6.06. The summed E-state index contributed by atoms with van der Waals surface area (Å²) < 4.78 is 16.2. The Bertz CT molecular complexity index is 113. The average molecular weight is 186 g/mol. The van der Waals surface area contributed by atoms with Crippen molar-refractivity contribution in [1.82, 2.24) is 0 Å². The SMILES string of the molecule is CCCOC(=O)[C@H](N)CF.Cl. The Hall–Kier alpha value is -0.350. The smallest absolute Gasteiger partial charge is 0.325 e. The molecule has 0 aromatic carbocycles. The zero-order valence-corrected chi connectivity index (χ0v) is 7.20. The lowest BCUT2D eigenvalue weighted by Crippen LogP contribution is -2.34. The lowest BCUT2D eigenvalue weighted by molar-refractivity contribution is -0.145. The fourth-order valence-electron chi connectivity index (χ4n) is 0.373. The van der Waals surface area contributed by atoms with Gasteiger partial charge in [0.25, 0.3) is 0 Å². The van der Waals surface area contributed by atoms with Gasteiger partial charge in [-0.15, -0.1) is 12.4 Å². The second kappa shape index (κ2) is 7.75. The first-order valence-corrected chi connectivity index (χ1v) is 3.20. The van der Waals surface area contributed by atoms with Crippen LogP contribution in [-0.4, -0.2) is 25.3 Å². The van der Waals surface area contributed by atoms with Crippen molar-refractivity contribution in [3.05, 3.63) is 0 Å². The van der Waals surface area contributed by atoms with Crippen LogP contribution in [0.25, 0.3) is 0 Å². The number of carbonyl (C=O) groups excluding carboxylic acids is 1. The summed E-state index contributed by atoms with van der Waals surface area (Å²) in [4.78, 5) is 10.5. The number of rotatable bonds is 4. The zero-order valence-electron chi connectivity index (χ0n) is 6.38. The molecule has 0 radical (unpaired) electrons. The van der Waals surface area contributed by atoms with E-state index in [1.165, 1.54) is 0 Å². The summed E-state index contributed by atoms with van der Waals surface area (Å²) in [5.74, 6) is -0.663. The molecule has 1 atom stereocenters. The summed E-state index contributed by atoms with van der Waals surface area (Å²) in [6, 6.07) is -1.11. The Kier molecular flexibility index (Phi) is 9.34. The number of hydrogen-bond acceptors (Lipinski definition) is 3. The summed E-state index contributed by atoms with van der Waals surface area (Å²) in [7, 11) is 0. The van der Waals surface area contributed by atoms with Crippen molar-refractivity contribution < 1.29 is 13.9 Å². The number of nitrogens with two attached hydrogens (primary N) is 1. The molecule has 5 heteroatoms. The van der Waals surface area contributed by atoms with Gasteiger partial charge in [-0.1, -0.05) is 6.92 Å². The molecule has 0 aliphatic heterocycles. The minimum atomic E-state index is -1.11. The number of halogens is 2. The van der Waals surface area contributed by atoms with Crippen LogP contribution in [0, 0.1) is 0 Å². The van der Waals surface area contributed by atoms with E-state index >= 15 is 0 Å². The van der Waals surface area contributed by atoms with Crippen molar-refractivity contribution >= 4 is 18.4 Å². The predicted molar refractivity (Wildman–Crippen MR) is 42.4 cm³/mol. The second-order valence-corrected chi connectivity index (χ2v) is 1.93. The number of esters is 1. The first kappa shape index (κ1) is 13.3. The normalized spacial score (nSPS) is 11.5. The van der Waals surface area contributed by atoms with E-state index in [2.05, 4.69) is 4.74 Å². The van der Waals surface area contributed by atoms with Crippen molar-refractivity contribution in [3.8, 4) is 0 Å². The average Bonchev–Trinajstić information content (AvgIpc) is 1.98. The van der Waals surface area contributed by atoms with Gasteiger partial charge in [0.15, 0.2) is 0 Å². The van der Waals surface area contributed by atoms with Crippen LogP contribution < -0.4 is 5.73 Å². The minimum absolute atomic E-state index is 0. The summed E-state index contributed by atoms with van der Waals surface area (Å²) in [6.07, 6.45) is 0.727. The van der Waals surface area contributed by atoms with Gasteiger partial charge in [0, 0.05) is 0 Å². The van der Waals surface area contributed by atoms with Crippen LogP contribution in [0.15, 0.2) is 0 Å². The van der Waals surface area contributed by atoms with Gasteiger partial charge in [0.05, 0.1) is 6.61 Å². The van der Waals surface area contributed by atoms with Gasteiger partial charge in [-0.05, 0) is 6.42 Å². The molecule has 0 aromatic heterocycles. The molecule has 0 heterocycles. The molecule has 0 amide bonds. The Morgan fingerprint density at radius 3 is 2.64 bits per heavy atom. The van der Waals surface area contributed by atoms with E-state index in [9.17, 15) is 9.18 Å². The zero-order chi connectivity index (χ0) is 7.98. The number of alkyl halides is 1. The predicted octanol–water partition coefficient (Wildman–Crippen LogP) is 0.658. The highest BCUT2D eigenvalue weighted by atomic mass is 35.5. The Morgan fingerprint density at radius 1 is 1.73 bits per heavy atom. The van der Waals surface area contributed by atoms with Crippen LogP contribution >= 0.6 is 12.4 Å². The van der Waals surface area contributed by atoms with Gasteiger partial charge in [-0.2, -0.15) is 0 Å². The van der Waals surface area contributed by atoms with E-state index in [-0.39, 0.29) is 12.4 Å². The molecular weight excluding hydrogens is 173 g/mol. The molecule has 3 nitrogen and oxygen atoms in total. The summed E-state index contributed by atoms with van der Waals surface area (Å²) in [6.45, 7) is 1.31.